The Balaban J connectivity index is 3.02. The molecule has 0 aliphatic carbocycles. The number of hydrogen-bond donors (Lipinski definition) is 1. The Morgan fingerprint density at radius 3 is 2.69 bits per heavy atom. The van der Waals surface area contributed by atoms with E-state index in [1.54, 1.807) is 26.0 Å². The summed E-state index contributed by atoms with van der Waals surface area (Å²) >= 11 is 1.11. The first kappa shape index (κ1) is 12.5. The van der Waals surface area contributed by atoms with E-state index in [0.717, 1.165) is 11.8 Å². The molecule has 0 saturated heterocycles. The van der Waals surface area contributed by atoms with Crippen molar-refractivity contribution < 1.29 is 14.8 Å². The molecule has 0 heterocycles. The molecule has 0 spiro atoms. The van der Waals surface area contributed by atoms with E-state index < -0.39 is 16.1 Å². The molecule has 0 amide bonds. The number of carboxylic acids is 1. The summed E-state index contributed by atoms with van der Waals surface area (Å²) in [5.74, 6) is -0.934. The topological polar surface area (TPSA) is 80.4 Å². The highest BCUT2D eigenvalue weighted by atomic mass is 32.2. The molecule has 0 aromatic heterocycles. The molecule has 0 radical (unpaired) electrons. The second kappa shape index (κ2) is 4.98. The minimum atomic E-state index is -0.934. The van der Waals surface area contributed by atoms with Crippen LogP contribution in [0.25, 0.3) is 0 Å². The van der Waals surface area contributed by atoms with Crippen LogP contribution in [0.4, 0.5) is 5.69 Å². The zero-order valence-corrected chi connectivity index (χ0v) is 9.65. The van der Waals surface area contributed by atoms with Gasteiger partial charge in [0.05, 0.1) is 4.92 Å². The van der Waals surface area contributed by atoms with Crippen molar-refractivity contribution in [1.29, 1.82) is 0 Å². The summed E-state index contributed by atoms with van der Waals surface area (Å²) in [6.07, 6.45) is 0. The third-order valence-corrected chi connectivity index (χ3v) is 3.36. The number of benzene rings is 1. The Labute approximate surface area is 96.6 Å². The molecule has 1 aromatic rings. The largest absolute Gasteiger partial charge is 0.480 e. The summed E-state index contributed by atoms with van der Waals surface area (Å²) in [7, 11) is 0. The number of hydrogen-bond acceptors (Lipinski definition) is 4. The van der Waals surface area contributed by atoms with Gasteiger partial charge in [-0.2, -0.15) is 0 Å². The first-order valence-corrected chi connectivity index (χ1v) is 5.45. The molecule has 1 atom stereocenters. The van der Waals surface area contributed by atoms with Crippen LogP contribution in [0.2, 0.25) is 0 Å². The number of nitro groups is 1. The minimum Gasteiger partial charge on any atom is -0.480 e. The predicted octanol–water partition coefficient (Wildman–Crippen LogP) is 2.47. The number of carbonyl (C=O) groups is 1. The van der Waals surface area contributed by atoms with Crippen molar-refractivity contribution >= 4 is 23.4 Å². The Hall–Kier alpha value is -1.56. The molecule has 5 nitrogen and oxygen atoms in total. The third-order valence-electron chi connectivity index (χ3n) is 2.10. The second-order valence-corrected chi connectivity index (χ2v) is 4.64. The number of carboxylic acid groups (broad SMARTS) is 1. The minimum absolute atomic E-state index is 0.0163. The highest BCUT2D eigenvalue weighted by Crippen LogP contribution is 2.31. The molecule has 0 fully saturated rings. The monoisotopic (exact) mass is 241 g/mol. The van der Waals surface area contributed by atoms with Gasteiger partial charge in [-0.25, -0.2) is 0 Å². The normalized spacial score (nSPS) is 12.1. The lowest BCUT2D eigenvalue weighted by atomic mass is 10.2. The molecule has 1 unspecified atom stereocenters. The number of aliphatic carboxylic acids is 1. The third kappa shape index (κ3) is 2.73. The Bertz CT molecular complexity index is 433. The van der Waals surface area contributed by atoms with E-state index >= 15 is 0 Å². The molecule has 6 heteroatoms. The highest BCUT2D eigenvalue weighted by molar-refractivity contribution is 8.00. The molecule has 16 heavy (non-hydrogen) atoms. The molecule has 1 N–H and O–H groups in total. The quantitative estimate of drug-likeness (QED) is 0.497. The van der Waals surface area contributed by atoms with Gasteiger partial charge in [0.25, 0.3) is 5.69 Å². The smallest absolute Gasteiger partial charge is 0.316 e. The van der Waals surface area contributed by atoms with E-state index in [1.807, 2.05) is 0 Å². The molecular formula is C10H11NO4S. The van der Waals surface area contributed by atoms with Crippen LogP contribution >= 0.6 is 11.8 Å². The van der Waals surface area contributed by atoms with Crippen LogP contribution in [0.1, 0.15) is 12.5 Å². The lowest BCUT2D eigenvalue weighted by molar-refractivity contribution is -0.385. The van der Waals surface area contributed by atoms with Crippen LogP contribution in [0.5, 0.6) is 0 Å². The zero-order chi connectivity index (χ0) is 12.3. The zero-order valence-electron chi connectivity index (χ0n) is 8.84. The first-order chi connectivity index (χ1) is 7.43. The van der Waals surface area contributed by atoms with Crippen LogP contribution in [-0.4, -0.2) is 21.2 Å². The van der Waals surface area contributed by atoms with Gasteiger partial charge >= 0.3 is 5.97 Å². The van der Waals surface area contributed by atoms with Crippen molar-refractivity contribution in [1.82, 2.24) is 0 Å². The standard InChI is InChI=1S/C10H11NO4S/c1-6-8(11(14)15)4-3-5-9(6)16-7(2)10(12)13/h3-5,7H,1-2H3,(H,12,13). The van der Waals surface area contributed by atoms with Crippen molar-refractivity contribution in [3.8, 4) is 0 Å². The predicted molar refractivity (Wildman–Crippen MR) is 60.8 cm³/mol. The fraction of sp³-hybridized carbons (Fsp3) is 0.300. The Morgan fingerprint density at radius 2 is 2.19 bits per heavy atom. The van der Waals surface area contributed by atoms with Crippen LogP contribution in [-0.2, 0) is 4.79 Å². The van der Waals surface area contributed by atoms with Gasteiger partial charge in [0.1, 0.15) is 5.25 Å². The van der Waals surface area contributed by atoms with Gasteiger partial charge in [-0.05, 0) is 19.9 Å². The molecule has 86 valence electrons. The van der Waals surface area contributed by atoms with Crippen LogP contribution in [0, 0.1) is 17.0 Å². The summed E-state index contributed by atoms with van der Waals surface area (Å²) < 4.78 is 0. The van der Waals surface area contributed by atoms with Crippen molar-refractivity contribution in [2.75, 3.05) is 0 Å². The summed E-state index contributed by atoms with van der Waals surface area (Å²) in [4.78, 5) is 21.5. The fourth-order valence-corrected chi connectivity index (χ4v) is 2.09. The average Bonchev–Trinajstić information content (AvgIpc) is 2.20. The van der Waals surface area contributed by atoms with Crippen molar-refractivity contribution in [3.05, 3.63) is 33.9 Å². The Morgan fingerprint density at radius 1 is 1.56 bits per heavy atom. The fourth-order valence-electron chi connectivity index (χ4n) is 1.17. The van der Waals surface area contributed by atoms with Gasteiger partial charge in [-0.15, -0.1) is 11.8 Å². The van der Waals surface area contributed by atoms with Crippen molar-refractivity contribution in [3.63, 3.8) is 0 Å². The molecule has 0 bridgehead atoms. The number of nitro benzene ring substituents is 1. The molecule has 1 aromatic carbocycles. The number of nitrogens with zero attached hydrogens (tertiary/aromatic N) is 1. The van der Waals surface area contributed by atoms with Gasteiger partial charge in [0, 0.05) is 16.5 Å². The summed E-state index contributed by atoms with van der Waals surface area (Å²) in [6.45, 7) is 3.17. The van der Waals surface area contributed by atoms with E-state index in [4.69, 9.17) is 5.11 Å². The molecule has 0 aliphatic heterocycles. The van der Waals surface area contributed by atoms with Crippen molar-refractivity contribution in [2.45, 2.75) is 24.0 Å². The van der Waals surface area contributed by atoms with E-state index in [0.29, 0.717) is 10.5 Å². The Kier molecular flexibility index (Phi) is 3.89. The lowest BCUT2D eigenvalue weighted by Gasteiger charge is -2.08. The maximum absolute atomic E-state index is 10.7. The number of thioether (sulfide) groups is 1. The van der Waals surface area contributed by atoms with Gasteiger partial charge < -0.3 is 5.11 Å². The maximum atomic E-state index is 10.7. The number of rotatable bonds is 4. The van der Waals surface area contributed by atoms with E-state index in [2.05, 4.69) is 0 Å². The van der Waals surface area contributed by atoms with Crippen LogP contribution < -0.4 is 0 Å². The molecule has 1 rings (SSSR count). The first-order valence-electron chi connectivity index (χ1n) is 4.57. The highest BCUT2D eigenvalue weighted by Gasteiger charge is 2.18. The van der Waals surface area contributed by atoms with Crippen molar-refractivity contribution in [2.24, 2.45) is 0 Å². The lowest BCUT2D eigenvalue weighted by Crippen LogP contribution is -2.11. The molecular weight excluding hydrogens is 230 g/mol. The molecule has 0 aliphatic rings. The molecule has 0 saturated carbocycles. The maximum Gasteiger partial charge on any atom is 0.316 e. The van der Waals surface area contributed by atoms with Crippen LogP contribution in [0.15, 0.2) is 23.1 Å². The SMILES string of the molecule is Cc1c(SC(C)C(=O)O)cccc1[N+](=O)[O-]. The van der Waals surface area contributed by atoms with Crippen LogP contribution in [0.3, 0.4) is 0 Å². The van der Waals surface area contributed by atoms with E-state index in [-0.39, 0.29) is 5.69 Å². The van der Waals surface area contributed by atoms with Gasteiger partial charge in [-0.1, -0.05) is 6.07 Å². The van der Waals surface area contributed by atoms with E-state index in [1.165, 1.54) is 6.07 Å². The van der Waals surface area contributed by atoms with Gasteiger partial charge in [0.2, 0.25) is 0 Å². The van der Waals surface area contributed by atoms with Gasteiger partial charge in [-0.3, -0.25) is 14.9 Å². The average molecular weight is 241 g/mol. The van der Waals surface area contributed by atoms with E-state index in [9.17, 15) is 14.9 Å². The summed E-state index contributed by atoms with van der Waals surface area (Å²) in [6, 6.07) is 4.65. The second-order valence-electron chi connectivity index (χ2n) is 3.26. The summed E-state index contributed by atoms with van der Waals surface area (Å²) in [5.41, 5.74) is 0.521. The summed E-state index contributed by atoms with van der Waals surface area (Å²) in [5, 5.41) is 18.8. The van der Waals surface area contributed by atoms with Gasteiger partial charge in [0.15, 0.2) is 0 Å².